The predicted octanol–water partition coefficient (Wildman–Crippen LogP) is 1.18. The molecule has 0 amide bonds. The highest BCUT2D eigenvalue weighted by molar-refractivity contribution is 4.88. The lowest BCUT2D eigenvalue weighted by Gasteiger charge is -2.15. The standard InChI is InChI=1S/C14H27NO3/c1-4-6-8-17-9-10-18-12-14(16)11-15-13(3)7-5-2/h2,13-16H,4,6-12H2,1,3H3. The van der Waals surface area contributed by atoms with Crippen LogP contribution in [0.4, 0.5) is 0 Å². The van der Waals surface area contributed by atoms with Crippen LogP contribution in [-0.4, -0.2) is 50.2 Å². The van der Waals surface area contributed by atoms with E-state index in [0.29, 0.717) is 32.8 Å². The second-order valence-electron chi connectivity index (χ2n) is 4.41. The number of hydrogen-bond acceptors (Lipinski definition) is 4. The molecule has 106 valence electrons. The van der Waals surface area contributed by atoms with E-state index in [1.54, 1.807) is 0 Å². The summed E-state index contributed by atoms with van der Waals surface area (Å²) in [7, 11) is 0. The van der Waals surface area contributed by atoms with Crippen molar-refractivity contribution in [3.8, 4) is 12.3 Å². The Labute approximate surface area is 111 Å². The minimum atomic E-state index is -0.499. The number of nitrogens with one attached hydrogen (secondary N) is 1. The molecule has 0 aromatic rings. The molecule has 4 nitrogen and oxygen atoms in total. The van der Waals surface area contributed by atoms with Gasteiger partial charge < -0.3 is 19.9 Å². The number of terminal acetylenes is 1. The highest BCUT2D eigenvalue weighted by Crippen LogP contribution is 1.91. The van der Waals surface area contributed by atoms with Gasteiger partial charge in [-0.2, -0.15) is 0 Å². The summed E-state index contributed by atoms with van der Waals surface area (Å²) in [5, 5.41) is 12.8. The molecule has 0 saturated heterocycles. The molecule has 2 unspecified atom stereocenters. The highest BCUT2D eigenvalue weighted by Gasteiger charge is 2.06. The van der Waals surface area contributed by atoms with Crippen LogP contribution >= 0.6 is 0 Å². The fourth-order valence-electron chi connectivity index (χ4n) is 1.33. The maximum atomic E-state index is 9.63. The molecular weight excluding hydrogens is 230 g/mol. The molecule has 0 rings (SSSR count). The molecule has 0 heterocycles. The summed E-state index contributed by atoms with van der Waals surface area (Å²) in [6, 6.07) is 0.224. The van der Waals surface area contributed by atoms with E-state index in [1.807, 2.05) is 6.92 Å². The topological polar surface area (TPSA) is 50.7 Å². The van der Waals surface area contributed by atoms with Gasteiger partial charge in [-0.05, 0) is 13.3 Å². The minimum absolute atomic E-state index is 0.224. The third-order valence-electron chi connectivity index (χ3n) is 2.45. The maximum Gasteiger partial charge on any atom is 0.0897 e. The molecule has 0 aromatic heterocycles. The molecule has 0 aliphatic rings. The van der Waals surface area contributed by atoms with E-state index < -0.39 is 6.10 Å². The van der Waals surface area contributed by atoms with E-state index in [-0.39, 0.29) is 6.04 Å². The minimum Gasteiger partial charge on any atom is -0.389 e. The molecule has 0 aromatic carbocycles. The first kappa shape index (κ1) is 17.4. The average molecular weight is 257 g/mol. The van der Waals surface area contributed by atoms with Gasteiger partial charge >= 0.3 is 0 Å². The van der Waals surface area contributed by atoms with Crippen molar-refractivity contribution in [2.24, 2.45) is 0 Å². The number of ether oxygens (including phenoxy) is 2. The second-order valence-corrected chi connectivity index (χ2v) is 4.41. The van der Waals surface area contributed by atoms with Gasteiger partial charge in [-0.1, -0.05) is 13.3 Å². The zero-order chi connectivity index (χ0) is 13.6. The lowest BCUT2D eigenvalue weighted by atomic mass is 10.2. The van der Waals surface area contributed by atoms with E-state index in [1.165, 1.54) is 0 Å². The molecule has 4 heteroatoms. The van der Waals surface area contributed by atoms with Crippen LogP contribution in [0.1, 0.15) is 33.1 Å². The lowest BCUT2D eigenvalue weighted by Crippen LogP contribution is -2.36. The fraction of sp³-hybridized carbons (Fsp3) is 0.857. The third-order valence-corrected chi connectivity index (χ3v) is 2.45. The van der Waals surface area contributed by atoms with Gasteiger partial charge in [-0.15, -0.1) is 12.3 Å². The summed E-state index contributed by atoms with van der Waals surface area (Å²) in [4.78, 5) is 0. The van der Waals surface area contributed by atoms with Crippen LogP contribution in [0.15, 0.2) is 0 Å². The van der Waals surface area contributed by atoms with Gasteiger partial charge in [0.1, 0.15) is 0 Å². The molecular formula is C14H27NO3. The van der Waals surface area contributed by atoms with Crippen molar-refractivity contribution in [1.29, 1.82) is 0 Å². The van der Waals surface area contributed by atoms with Crippen molar-refractivity contribution in [2.75, 3.05) is 33.0 Å². The SMILES string of the molecule is C#CCC(C)NCC(O)COCCOCCCC. The van der Waals surface area contributed by atoms with Gasteiger partial charge in [0, 0.05) is 25.6 Å². The summed E-state index contributed by atoms with van der Waals surface area (Å²) in [5.41, 5.74) is 0. The van der Waals surface area contributed by atoms with E-state index in [4.69, 9.17) is 15.9 Å². The lowest BCUT2D eigenvalue weighted by molar-refractivity contribution is 0.00337. The van der Waals surface area contributed by atoms with Crippen molar-refractivity contribution in [2.45, 2.75) is 45.3 Å². The van der Waals surface area contributed by atoms with Crippen LogP contribution in [0.2, 0.25) is 0 Å². The number of hydrogen-bond donors (Lipinski definition) is 2. The Morgan fingerprint density at radius 2 is 2.00 bits per heavy atom. The fourth-order valence-corrected chi connectivity index (χ4v) is 1.33. The molecule has 2 atom stereocenters. The van der Waals surface area contributed by atoms with Crippen molar-refractivity contribution in [3.05, 3.63) is 0 Å². The van der Waals surface area contributed by atoms with Gasteiger partial charge in [0.25, 0.3) is 0 Å². The first-order valence-electron chi connectivity index (χ1n) is 6.71. The number of aliphatic hydroxyl groups excluding tert-OH is 1. The molecule has 0 radical (unpaired) electrons. The summed E-state index contributed by atoms with van der Waals surface area (Å²) < 4.78 is 10.7. The van der Waals surface area contributed by atoms with Crippen LogP contribution in [0.25, 0.3) is 0 Å². The maximum absolute atomic E-state index is 9.63. The van der Waals surface area contributed by atoms with Gasteiger partial charge in [0.15, 0.2) is 0 Å². The number of unbranched alkanes of at least 4 members (excludes halogenated alkanes) is 1. The predicted molar refractivity (Wildman–Crippen MR) is 73.5 cm³/mol. The van der Waals surface area contributed by atoms with E-state index in [9.17, 15) is 5.11 Å². The Balaban J connectivity index is 3.27. The molecule has 18 heavy (non-hydrogen) atoms. The monoisotopic (exact) mass is 257 g/mol. The van der Waals surface area contributed by atoms with Gasteiger partial charge in [-0.25, -0.2) is 0 Å². The normalized spacial score (nSPS) is 14.1. The van der Waals surface area contributed by atoms with E-state index in [2.05, 4.69) is 18.2 Å². The van der Waals surface area contributed by atoms with E-state index in [0.717, 1.165) is 19.4 Å². The molecule has 2 N–H and O–H groups in total. The van der Waals surface area contributed by atoms with Crippen molar-refractivity contribution in [1.82, 2.24) is 5.32 Å². The summed E-state index contributed by atoms with van der Waals surface area (Å²) in [5.74, 6) is 2.58. The average Bonchev–Trinajstić information content (AvgIpc) is 2.35. The second kappa shape index (κ2) is 12.8. The molecule has 0 bridgehead atoms. The zero-order valence-corrected chi connectivity index (χ0v) is 11.7. The van der Waals surface area contributed by atoms with Gasteiger partial charge in [-0.3, -0.25) is 0 Å². The van der Waals surface area contributed by atoms with E-state index >= 15 is 0 Å². The first-order valence-corrected chi connectivity index (χ1v) is 6.71. The Kier molecular flexibility index (Phi) is 12.4. The van der Waals surface area contributed by atoms with Crippen LogP contribution in [0.3, 0.4) is 0 Å². The van der Waals surface area contributed by atoms with Crippen molar-refractivity contribution in [3.63, 3.8) is 0 Å². The Bertz CT molecular complexity index is 216. The van der Waals surface area contributed by atoms with Crippen LogP contribution < -0.4 is 5.32 Å². The largest absolute Gasteiger partial charge is 0.389 e. The van der Waals surface area contributed by atoms with Crippen molar-refractivity contribution < 1.29 is 14.6 Å². The summed E-state index contributed by atoms with van der Waals surface area (Å²) in [6.07, 6.45) is 7.58. The number of rotatable bonds is 12. The van der Waals surface area contributed by atoms with Gasteiger partial charge in [0.2, 0.25) is 0 Å². The summed E-state index contributed by atoms with van der Waals surface area (Å²) >= 11 is 0. The quantitative estimate of drug-likeness (QED) is 0.407. The Morgan fingerprint density at radius 3 is 2.67 bits per heavy atom. The first-order chi connectivity index (χ1) is 8.70. The van der Waals surface area contributed by atoms with Crippen molar-refractivity contribution >= 4 is 0 Å². The number of aliphatic hydroxyl groups is 1. The molecule has 0 saturated carbocycles. The van der Waals surface area contributed by atoms with Crippen LogP contribution in [0, 0.1) is 12.3 Å². The van der Waals surface area contributed by atoms with Crippen LogP contribution in [-0.2, 0) is 9.47 Å². The zero-order valence-electron chi connectivity index (χ0n) is 11.7. The summed E-state index contributed by atoms with van der Waals surface area (Å²) in [6.45, 7) is 6.85. The molecule has 0 fully saturated rings. The van der Waals surface area contributed by atoms with Gasteiger partial charge in [0.05, 0.1) is 25.9 Å². The highest BCUT2D eigenvalue weighted by atomic mass is 16.5. The molecule has 0 spiro atoms. The smallest absolute Gasteiger partial charge is 0.0897 e. The molecule has 0 aliphatic heterocycles. The Morgan fingerprint density at radius 1 is 1.28 bits per heavy atom. The molecule has 0 aliphatic carbocycles. The van der Waals surface area contributed by atoms with Crippen LogP contribution in [0.5, 0.6) is 0 Å². The third kappa shape index (κ3) is 11.9. The Hall–Kier alpha value is -0.600.